The highest BCUT2D eigenvalue weighted by Crippen LogP contribution is 2.16. The minimum atomic E-state index is -0.447. The Morgan fingerprint density at radius 2 is 2.40 bits per heavy atom. The van der Waals surface area contributed by atoms with E-state index in [9.17, 15) is 4.39 Å². The van der Waals surface area contributed by atoms with Crippen molar-refractivity contribution in [3.8, 4) is 5.75 Å². The number of thiocarbonyl (C=S) groups is 1. The van der Waals surface area contributed by atoms with Crippen LogP contribution in [0.15, 0.2) is 23.3 Å². The second-order valence-corrected chi connectivity index (χ2v) is 3.07. The van der Waals surface area contributed by atoms with Gasteiger partial charge < -0.3 is 10.5 Å². The lowest BCUT2D eigenvalue weighted by atomic mass is 10.2. The minimum absolute atomic E-state index is 0.0558. The van der Waals surface area contributed by atoms with Crippen molar-refractivity contribution in [1.29, 1.82) is 0 Å². The highest BCUT2D eigenvalue weighted by atomic mass is 32.1. The van der Waals surface area contributed by atoms with Crippen molar-refractivity contribution in [2.24, 2.45) is 10.8 Å². The molecule has 0 aliphatic heterocycles. The molecule has 0 aromatic heterocycles. The number of nitrogens with two attached hydrogens (primary N) is 1. The molecule has 6 heteroatoms. The number of rotatable bonds is 3. The molecule has 0 fully saturated rings. The van der Waals surface area contributed by atoms with E-state index in [4.69, 9.17) is 10.5 Å². The third-order valence-corrected chi connectivity index (χ3v) is 1.66. The van der Waals surface area contributed by atoms with Crippen LogP contribution in [0.5, 0.6) is 5.75 Å². The molecule has 1 aromatic carbocycles. The van der Waals surface area contributed by atoms with Gasteiger partial charge in [0.15, 0.2) is 16.7 Å². The smallest absolute Gasteiger partial charge is 0.184 e. The molecule has 80 valence electrons. The van der Waals surface area contributed by atoms with Crippen LogP contribution in [0.4, 0.5) is 4.39 Å². The maximum Gasteiger partial charge on any atom is 0.184 e. The number of halogens is 1. The normalized spacial score (nSPS) is 10.3. The second kappa shape index (κ2) is 5.26. The van der Waals surface area contributed by atoms with Crippen molar-refractivity contribution in [3.63, 3.8) is 0 Å². The van der Waals surface area contributed by atoms with Gasteiger partial charge in [-0.25, -0.2) is 4.39 Å². The van der Waals surface area contributed by atoms with Crippen molar-refractivity contribution in [1.82, 2.24) is 5.43 Å². The zero-order valence-electron chi connectivity index (χ0n) is 8.03. The first-order chi connectivity index (χ1) is 7.13. The molecule has 4 nitrogen and oxygen atoms in total. The van der Waals surface area contributed by atoms with Gasteiger partial charge in [0.2, 0.25) is 0 Å². The minimum Gasteiger partial charge on any atom is -0.494 e. The summed E-state index contributed by atoms with van der Waals surface area (Å²) in [5.74, 6) is -0.258. The fourth-order valence-corrected chi connectivity index (χ4v) is 0.986. The largest absolute Gasteiger partial charge is 0.494 e. The Morgan fingerprint density at radius 3 is 2.93 bits per heavy atom. The Labute approximate surface area is 91.9 Å². The van der Waals surface area contributed by atoms with Gasteiger partial charge in [0.05, 0.1) is 13.3 Å². The first-order valence-electron chi connectivity index (χ1n) is 4.05. The Hall–Kier alpha value is -1.69. The molecule has 0 amide bonds. The molecule has 0 bridgehead atoms. The summed E-state index contributed by atoms with van der Waals surface area (Å²) in [6, 6.07) is 4.47. The zero-order chi connectivity index (χ0) is 11.3. The number of methoxy groups -OCH3 is 1. The summed E-state index contributed by atoms with van der Waals surface area (Å²) in [4.78, 5) is 0. The number of hydrazone groups is 1. The fraction of sp³-hybridized carbons (Fsp3) is 0.111. The second-order valence-electron chi connectivity index (χ2n) is 2.63. The van der Waals surface area contributed by atoms with Crippen LogP contribution in [-0.4, -0.2) is 18.4 Å². The van der Waals surface area contributed by atoms with Crippen molar-refractivity contribution < 1.29 is 9.13 Å². The van der Waals surface area contributed by atoms with E-state index in [0.29, 0.717) is 5.56 Å². The number of nitrogens with one attached hydrogen (secondary N) is 1. The molecule has 0 saturated carbocycles. The summed E-state index contributed by atoms with van der Waals surface area (Å²) in [6.45, 7) is 0. The maximum atomic E-state index is 13.2. The predicted molar refractivity (Wildman–Crippen MR) is 60.5 cm³/mol. The van der Waals surface area contributed by atoms with E-state index < -0.39 is 5.82 Å². The van der Waals surface area contributed by atoms with Crippen molar-refractivity contribution >= 4 is 23.5 Å². The monoisotopic (exact) mass is 227 g/mol. The lowest BCUT2D eigenvalue weighted by molar-refractivity contribution is 0.386. The summed E-state index contributed by atoms with van der Waals surface area (Å²) in [6.07, 6.45) is 1.40. The van der Waals surface area contributed by atoms with E-state index in [1.54, 1.807) is 6.07 Å². The van der Waals surface area contributed by atoms with Gasteiger partial charge in [0.1, 0.15) is 0 Å². The third-order valence-electron chi connectivity index (χ3n) is 1.56. The molecule has 0 saturated heterocycles. The Morgan fingerprint density at radius 1 is 1.67 bits per heavy atom. The van der Waals surface area contributed by atoms with E-state index >= 15 is 0 Å². The number of hydrogen-bond donors (Lipinski definition) is 2. The van der Waals surface area contributed by atoms with E-state index in [1.165, 1.54) is 25.5 Å². The third kappa shape index (κ3) is 3.51. The molecule has 1 aromatic rings. The zero-order valence-corrected chi connectivity index (χ0v) is 8.84. The lowest BCUT2D eigenvalue weighted by Crippen LogP contribution is -2.23. The van der Waals surface area contributed by atoms with Crippen molar-refractivity contribution in [2.45, 2.75) is 0 Å². The number of ether oxygens (including phenoxy) is 1. The molecule has 0 unspecified atom stereocenters. The highest BCUT2D eigenvalue weighted by Gasteiger charge is 2.01. The van der Waals surface area contributed by atoms with E-state index in [2.05, 4.69) is 22.7 Å². The number of nitrogens with zero attached hydrogens (tertiary/aromatic N) is 1. The van der Waals surface area contributed by atoms with Gasteiger partial charge in [-0.15, -0.1) is 0 Å². The van der Waals surface area contributed by atoms with Crippen LogP contribution in [0, 0.1) is 5.82 Å². The van der Waals surface area contributed by atoms with E-state index in [1.807, 2.05) is 0 Å². The maximum absolute atomic E-state index is 13.2. The Bertz CT molecular complexity index is 395. The van der Waals surface area contributed by atoms with Crippen molar-refractivity contribution in [2.75, 3.05) is 7.11 Å². The van der Waals surface area contributed by atoms with E-state index in [0.717, 1.165) is 0 Å². The molecule has 0 spiro atoms. The summed E-state index contributed by atoms with van der Waals surface area (Å²) in [5.41, 5.74) is 8.09. The van der Waals surface area contributed by atoms with Crippen LogP contribution in [0.25, 0.3) is 0 Å². The van der Waals surface area contributed by atoms with Gasteiger partial charge in [-0.2, -0.15) is 5.10 Å². The Balaban J connectivity index is 2.75. The molecule has 0 heterocycles. The SMILES string of the molecule is COc1ccc(C=NNC(N)=S)cc1F. The topological polar surface area (TPSA) is 59.6 Å². The summed E-state index contributed by atoms with van der Waals surface area (Å²) in [7, 11) is 1.40. The van der Waals surface area contributed by atoms with Gasteiger partial charge in [0, 0.05) is 0 Å². The summed E-state index contributed by atoms with van der Waals surface area (Å²) >= 11 is 4.54. The van der Waals surface area contributed by atoms with Gasteiger partial charge in [-0.3, -0.25) is 5.43 Å². The van der Waals surface area contributed by atoms with Crippen LogP contribution < -0.4 is 15.9 Å². The molecule has 0 atom stereocenters. The highest BCUT2D eigenvalue weighted by molar-refractivity contribution is 7.80. The van der Waals surface area contributed by atoms with Crippen LogP contribution in [-0.2, 0) is 0 Å². The van der Waals surface area contributed by atoms with Crippen LogP contribution in [0.3, 0.4) is 0 Å². The fourth-order valence-electron chi connectivity index (χ4n) is 0.933. The standard InChI is InChI=1S/C9H10FN3OS/c1-14-8-3-2-6(4-7(8)10)5-12-13-9(11)15/h2-5H,1H3,(H3,11,13,15). The summed E-state index contributed by atoms with van der Waals surface area (Å²) < 4.78 is 17.9. The van der Waals surface area contributed by atoms with Gasteiger partial charge >= 0.3 is 0 Å². The van der Waals surface area contributed by atoms with Crippen LogP contribution in [0.1, 0.15) is 5.56 Å². The van der Waals surface area contributed by atoms with Crippen molar-refractivity contribution in [3.05, 3.63) is 29.6 Å². The number of benzene rings is 1. The van der Waals surface area contributed by atoms with Gasteiger partial charge in [0.25, 0.3) is 0 Å². The lowest BCUT2D eigenvalue weighted by Gasteiger charge is -2.01. The molecule has 1 rings (SSSR count). The average molecular weight is 227 g/mol. The molecule has 0 radical (unpaired) electrons. The van der Waals surface area contributed by atoms with Crippen LogP contribution >= 0.6 is 12.2 Å². The Kier molecular flexibility index (Phi) is 3.99. The predicted octanol–water partition coefficient (Wildman–Crippen LogP) is 1.00. The van der Waals surface area contributed by atoms with E-state index in [-0.39, 0.29) is 10.9 Å². The molecular weight excluding hydrogens is 217 g/mol. The molecule has 3 N–H and O–H groups in total. The average Bonchev–Trinajstić information content (AvgIpc) is 2.17. The number of hydrogen-bond acceptors (Lipinski definition) is 3. The molecule has 15 heavy (non-hydrogen) atoms. The van der Waals surface area contributed by atoms with Crippen LogP contribution in [0.2, 0.25) is 0 Å². The molecule has 0 aliphatic carbocycles. The molecular formula is C9H10FN3OS. The first-order valence-corrected chi connectivity index (χ1v) is 4.46. The summed E-state index contributed by atoms with van der Waals surface area (Å²) in [5, 5.41) is 3.74. The first kappa shape index (κ1) is 11.4. The van der Waals surface area contributed by atoms with Gasteiger partial charge in [-0.05, 0) is 36.0 Å². The molecule has 0 aliphatic rings. The van der Waals surface area contributed by atoms with Gasteiger partial charge in [-0.1, -0.05) is 0 Å². The quantitative estimate of drug-likeness (QED) is 0.459.